The SMILES string of the molecule is COC(=O)C1CCCN1C(=O)C1(Cc2ccc(OCc3cc(C)nc4ccccc34)cc2)CC1C(=O)NO. The van der Waals surface area contributed by atoms with Crippen LogP contribution in [0.25, 0.3) is 10.9 Å². The van der Waals surface area contributed by atoms with Crippen LogP contribution in [0.3, 0.4) is 0 Å². The highest BCUT2D eigenvalue weighted by molar-refractivity contribution is 5.97. The normalized spacial score (nSPS) is 22.2. The molecule has 1 aromatic heterocycles. The van der Waals surface area contributed by atoms with Crippen LogP contribution in [0.2, 0.25) is 0 Å². The van der Waals surface area contributed by atoms with Crippen LogP contribution >= 0.6 is 0 Å². The molecular weight excluding hydrogens is 486 g/mol. The van der Waals surface area contributed by atoms with Crippen LogP contribution in [-0.4, -0.2) is 52.6 Å². The molecule has 2 aliphatic rings. The number of amides is 2. The molecule has 2 N–H and O–H groups in total. The Kier molecular flexibility index (Phi) is 7.03. The van der Waals surface area contributed by atoms with Crippen molar-refractivity contribution in [3.63, 3.8) is 0 Å². The summed E-state index contributed by atoms with van der Waals surface area (Å²) in [6.45, 7) is 2.78. The monoisotopic (exact) mass is 517 g/mol. The quantitative estimate of drug-likeness (QED) is 0.267. The summed E-state index contributed by atoms with van der Waals surface area (Å²) < 4.78 is 11.0. The van der Waals surface area contributed by atoms with Gasteiger partial charge in [-0.15, -0.1) is 0 Å². The van der Waals surface area contributed by atoms with Gasteiger partial charge in [0.2, 0.25) is 11.8 Å². The molecule has 1 aliphatic carbocycles. The highest BCUT2D eigenvalue weighted by Crippen LogP contribution is 2.56. The van der Waals surface area contributed by atoms with E-state index in [4.69, 9.17) is 9.47 Å². The predicted molar refractivity (Wildman–Crippen MR) is 138 cm³/mol. The largest absolute Gasteiger partial charge is 0.489 e. The van der Waals surface area contributed by atoms with E-state index in [1.165, 1.54) is 12.0 Å². The smallest absolute Gasteiger partial charge is 0.328 e. The lowest BCUT2D eigenvalue weighted by Crippen LogP contribution is -2.46. The van der Waals surface area contributed by atoms with Gasteiger partial charge in [-0.1, -0.05) is 30.3 Å². The summed E-state index contributed by atoms with van der Waals surface area (Å²) in [5.41, 5.74) is 4.43. The summed E-state index contributed by atoms with van der Waals surface area (Å²) in [6.07, 6.45) is 1.83. The van der Waals surface area contributed by atoms with E-state index < -0.39 is 29.3 Å². The number of ether oxygens (including phenoxy) is 2. The highest BCUT2D eigenvalue weighted by Gasteiger charge is 2.65. The number of benzene rings is 2. The molecule has 9 nitrogen and oxygen atoms in total. The molecule has 1 saturated heterocycles. The van der Waals surface area contributed by atoms with Crippen molar-refractivity contribution in [3.8, 4) is 5.75 Å². The minimum Gasteiger partial charge on any atom is -0.489 e. The first-order valence-electron chi connectivity index (χ1n) is 12.8. The van der Waals surface area contributed by atoms with Gasteiger partial charge in [-0.05, 0) is 62.4 Å². The molecule has 1 aliphatic heterocycles. The lowest BCUT2D eigenvalue weighted by Gasteiger charge is -2.28. The van der Waals surface area contributed by atoms with Gasteiger partial charge in [-0.25, -0.2) is 10.3 Å². The number of likely N-dealkylation sites (tertiary alicyclic amines) is 1. The highest BCUT2D eigenvalue weighted by atomic mass is 16.5. The van der Waals surface area contributed by atoms with Gasteiger partial charge in [0, 0.05) is 23.2 Å². The standard InChI is InChI=1S/C29H31N3O6/c1-18-14-20(22-6-3-4-7-24(22)30-18)17-38-21-11-9-19(10-12-21)15-29(16-23(29)26(33)31-36)28(35)32-13-5-8-25(32)27(34)37-2/h3-4,6-7,9-12,14,23,25,36H,5,8,13,15-17H2,1-2H3,(H,31,33). The summed E-state index contributed by atoms with van der Waals surface area (Å²) >= 11 is 0. The van der Waals surface area contributed by atoms with Crippen molar-refractivity contribution >= 4 is 28.7 Å². The summed E-state index contributed by atoms with van der Waals surface area (Å²) in [6, 6.07) is 16.8. The van der Waals surface area contributed by atoms with Crippen molar-refractivity contribution in [2.75, 3.05) is 13.7 Å². The Balaban J connectivity index is 1.31. The van der Waals surface area contributed by atoms with Crippen LogP contribution in [0.4, 0.5) is 0 Å². The van der Waals surface area contributed by atoms with Crippen molar-refractivity contribution in [2.24, 2.45) is 11.3 Å². The van der Waals surface area contributed by atoms with Crippen molar-refractivity contribution < 1.29 is 29.1 Å². The lowest BCUT2D eigenvalue weighted by atomic mass is 9.91. The summed E-state index contributed by atoms with van der Waals surface area (Å²) in [5.74, 6) is -1.28. The maximum Gasteiger partial charge on any atom is 0.328 e. The molecule has 0 radical (unpaired) electrons. The number of rotatable bonds is 8. The average molecular weight is 518 g/mol. The molecule has 2 aromatic carbocycles. The first kappa shape index (κ1) is 25.7. The van der Waals surface area contributed by atoms with Gasteiger partial charge < -0.3 is 14.4 Å². The Morgan fingerprint density at radius 2 is 1.92 bits per heavy atom. The third-order valence-corrected chi connectivity index (χ3v) is 7.68. The van der Waals surface area contributed by atoms with Gasteiger partial charge in [-0.3, -0.25) is 19.8 Å². The number of methoxy groups -OCH3 is 1. The molecule has 2 heterocycles. The van der Waals surface area contributed by atoms with E-state index in [-0.39, 0.29) is 5.91 Å². The van der Waals surface area contributed by atoms with E-state index in [9.17, 15) is 19.6 Å². The summed E-state index contributed by atoms with van der Waals surface area (Å²) in [4.78, 5) is 44.4. The number of aryl methyl sites for hydroxylation is 1. The van der Waals surface area contributed by atoms with E-state index in [2.05, 4.69) is 4.98 Å². The molecule has 9 heteroatoms. The Morgan fingerprint density at radius 1 is 1.16 bits per heavy atom. The van der Waals surface area contributed by atoms with Crippen molar-refractivity contribution in [1.82, 2.24) is 15.4 Å². The fourth-order valence-electron chi connectivity index (χ4n) is 5.65. The first-order chi connectivity index (χ1) is 18.4. The fourth-order valence-corrected chi connectivity index (χ4v) is 5.65. The van der Waals surface area contributed by atoms with E-state index in [1.54, 1.807) is 5.48 Å². The van der Waals surface area contributed by atoms with Gasteiger partial charge in [0.05, 0.1) is 24.0 Å². The van der Waals surface area contributed by atoms with Crippen LogP contribution in [0.15, 0.2) is 54.6 Å². The summed E-state index contributed by atoms with van der Waals surface area (Å²) in [7, 11) is 1.31. The molecule has 1 saturated carbocycles. The van der Waals surface area contributed by atoms with Crippen LogP contribution < -0.4 is 10.2 Å². The molecule has 2 fully saturated rings. The molecule has 2 amide bonds. The molecule has 3 unspecified atom stereocenters. The van der Waals surface area contributed by atoms with Gasteiger partial charge in [0.15, 0.2) is 0 Å². The van der Waals surface area contributed by atoms with E-state index >= 15 is 0 Å². The molecule has 0 spiro atoms. The van der Waals surface area contributed by atoms with Crippen molar-refractivity contribution in [1.29, 1.82) is 0 Å². The second kappa shape index (κ2) is 10.4. The maximum absolute atomic E-state index is 13.7. The maximum atomic E-state index is 13.7. The van der Waals surface area contributed by atoms with E-state index in [1.807, 2.05) is 61.5 Å². The number of carbonyl (C=O) groups is 3. The number of nitrogens with zero attached hydrogens (tertiary/aromatic N) is 2. The molecule has 3 aromatic rings. The number of hydroxylamine groups is 1. The zero-order chi connectivity index (χ0) is 26.9. The Bertz CT molecular complexity index is 1370. The van der Waals surface area contributed by atoms with Gasteiger partial charge in [0.1, 0.15) is 18.4 Å². The number of nitrogens with one attached hydrogen (secondary N) is 1. The second-order valence-corrected chi connectivity index (χ2v) is 10.1. The van der Waals surface area contributed by atoms with Crippen LogP contribution in [0.5, 0.6) is 5.75 Å². The Labute approximate surface area is 220 Å². The second-order valence-electron chi connectivity index (χ2n) is 10.1. The fraction of sp³-hybridized carbons (Fsp3) is 0.379. The van der Waals surface area contributed by atoms with Crippen LogP contribution in [0, 0.1) is 18.3 Å². The molecule has 38 heavy (non-hydrogen) atoms. The predicted octanol–water partition coefficient (Wildman–Crippen LogP) is 3.34. The van der Waals surface area contributed by atoms with Gasteiger partial charge in [-0.2, -0.15) is 0 Å². The third-order valence-electron chi connectivity index (χ3n) is 7.68. The minimum absolute atomic E-state index is 0.251. The number of aromatic nitrogens is 1. The van der Waals surface area contributed by atoms with E-state index in [0.29, 0.717) is 44.6 Å². The number of hydrogen-bond acceptors (Lipinski definition) is 7. The molecule has 3 atom stereocenters. The molecule has 0 bridgehead atoms. The lowest BCUT2D eigenvalue weighted by molar-refractivity contribution is -0.153. The molecule has 198 valence electrons. The number of hydrogen-bond donors (Lipinski definition) is 2. The number of carbonyl (C=O) groups excluding carboxylic acids is 3. The Morgan fingerprint density at radius 3 is 2.66 bits per heavy atom. The number of para-hydroxylation sites is 1. The third kappa shape index (κ3) is 4.81. The topological polar surface area (TPSA) is 118 Å². The minimum atomic E-state index is -1.01. The van der Waals surface area contributed by atoms with Crippen molar-refractivity contribution in [2.45, 2.75) is 45.3 Å². The van der Waals surface area contributed by atoms with Crippen LogP contribution in [-0.2, 0) is 32.1 Å². The number of pyridine rings is 1. The molecule has 5 rings (SSSR count). The number of fused-ring (bicyclic) bond motifs is 1. The number of esters is 1. The average Bonchev–Trinajstić information content (AvgIpc) is 3.45. The molecular formula is C29H31N3O6. The Hall–Kier alpha value is -3.98. The van der Waals surface area contributed by atoms with Gasteiger partial charge >= 0.3 is 5.97 Å². The zero-order valence-corrected chi connectivity index (χ0v) is 21.5. The van der Waals surface area contributed by atoms with Crippen LogP contribution in [0.1, 0.15) is 36.1 Å². The summed E-state index contributed by atoms with van der Waals surface area (Å²) in [5, 5.41) is 10.3. The van der Waals surface area contributed by atoms with Crippen molar-refractivity contribution in [3.05, 3.63) is 71.4 Å². The first-order valence-corrected chi connectivity index (χ1v) is 12.8. The van der Waals surface area contributed by atoms with E-state index in [0.717, 1.165) is 27.7 Å². The van der Waals surface area contributed by atoms with Gasteiger partial charge in [0.25, 0.3) is 0 Å². The zero-order valence-electron chi connectivity index (χ0n) is 21.5.